The van der Waals surface area contributed by atoms with Gasteiger partial charge in [-0.3, -0.25) is 9.58 Å². The second-order valence-corrected chi connectivity index (χ2v) is 9.78. The van der Waals surface area contributed by atoms with E-state index in [1.54, 1.807) is 0 Å². The summed E-state index contributed by atoms with van der Waals surface area (Å²) in [5, 5.41) is 4.71. The zero-order valence-corrected chi connectivity index (χ0v) is 20.2. The van der Waals surface area contributed by atoms with Crippen molar-refractivity contribution in [2.75, 3.05) is 20.3 Å². The Hall–Kier alpha value is -1.70. The predicted molar refractivity (Wildman–Crippen MR) is 123 cm³/mol. The van der Waals surface area contributed by atoms with Crippen molar-refractivity contribution in [3.05, 3.63) is 51.8 Å². The van der Waals surface area contributed by atoms with Crippen LogP contribution in [0.15, 0.2) is 34.8 Å². The van der Waals surface area contributed by atoms with Crippen LogP contribution in [-0.4, -0.2) is 59.1 Å². The number of carbonyl (C=O) groups excluding carboxylic acids is 1. The lowest BCUT2D eigenvalue weighted by molar-refractivity contribution is -0.165. The Kier molecular flexibility index (Phi) is 7.14. The first-order valence-electron chi connectivity index (χ1n) is 11.1. The summed E-state index contributed by atoms with van der Waals surface area (Å²) in [6.07, 6.45) is 4.91. The molecule has 6 nitrogen and oxygen atoms in total. The molecule has 2 aliphatic rings. The second kappa shape index (κ2) is 9.84. The van der Waals surface area contributed by atoms with Crippen LogP contribution in [0.3, 0.4) is 0 Å². The molecule has 1 aromatic heterocycles. The highest BCUT2D eigenvalue weighted by Crippen LogP contribution is 2.36. The van der Waals surface area contributed by atoms with E-state index in [9.17, 15) is 4.79 Å². The summed E-state index contributed by atoms with van der Waals surface area (Å²) in [5.74, 6) is 0.253. The number of aryl methyl sites for hydroxylation is 2. The van der Waals surface area contributed by atoms with Crippen LogP contribution in [0.4, 0.5) is 0 Å². The van der Waals surface area contributed by atoms with Crippen molar-refractivity contribution in [3.8, 4) is 0 Å². The van der Waals surface area contributed by atoms with Crippen LogP contribution >= 0.6 is 15.9 Å². The summed E-state index contributed by atoms with van der Waals surface area (Å²) in [5.41, 5.74) is 3.72. The van der Waals surface area contributed by atoms with Gasteiger partial charge in [0.1, 0.15) is 0 Å². The lowest BCUT2D eigenvalue weighted by Gasteiger charge is -2.45. The highest BCUT2D eigenvalue weighted by Gasteiger charge is 2.38. The van der Waals surface area contributed by atoms with E-state index in [2.05, 4.69) is 58.1 Å². The quantitative estimate of drug-likeness (QED) is 0.594. The molecule has 2 heterocycles. The van der Waals surface area contributed by atoms with Gasteiger partial charge in [0, 0.05) is 41.8 Å². The van der Waals surface area contributed by atoms with Crippen LogP contribution in [0, 0.1) is 6.92 Å². The van der Waals surface area contributed by atoms with Crippen LogP contribution < -0.4 is 0 Å². The first kappa shape index (κ1) is 22.5. The molecule has 0 amide bonds. The van der Waals surface area contributed by atoms with Gasteiger partial charge < -0.3 is 9.47 Å². The first-order valence-corrected chi connectivity index (χ1v) is 11.9. The second-order valence-electron chi connectivity index (χ2n) is 8.87. The van der Waals surface area contributed by atoms with Crippen molar-refractivity contribution >= 4 is 21.9 Å². The van der Waals surface area contributed by atoms with Crippen molar-refractivity contribution in [3.63, 3.8) is 0 Å². The van der Waals surface area contributed by atoms with Crippen LogP contribution in [0.25, 0.3) is 0 Å². The molecule has 1 aliphatic carbocycles. The minimum Gasteiger partial charge on any atom is -0.467 e. The first-order chi connectivity index (χ1) is 14.9. The van der Waals surface area contributed by atoms with Gasteiger partial charge in [-0.1, -0.05) is 28.1 Å². The van der Waals surface area contributed by atoms with E-state index < -0.39 is 6.10 Å². The van der Waals surface area contributed by atoms with Gasteiger partial charge in [0.25, 0.3) is 0 Å². The summed E-state index contributed by atoms with van der Waals surface area (Å²) in [6, 6.07) is 11.4. The fraction of sp³-hybridized carbons (Fsp3) is 0.583. The maximum Gasteiger partial charge on any atom is 0.336 e. The summed E-state index contributed by atoms with van der Waals surface area (Å²) < 4.78 is 14.0. The van der Waals surface area contributed by atoms with Crippen molar-refractivity contribution in [2.45, 2.75) is 63.1 Å². The third-order valence-electron chi connectivity index (χ3n) is 6.90. The molecule has 1 saturated heterocycles. The maximum absolute atomic E-state index is 12.2. The molecule has 1 aromatic carbocycles. The van der Waals surface area contributed by atoms with Crippen LogP contribution in [0.1, 0.15) is 48.6 Å². The minimum absolute atomic E-state index is 0.265. The van der Waals surface area contributed by atoms with Gasteiger partial charge >= 0.3 is 5.97 Å². The SMILES string of the molecule is COC(=O)[C@H]1CN(C2CCC(c3cc(C)n(C)n3)CC2)[C@@H](Cc2ccc(Br)cc2)CO1. The lowest BCUT2D eigenvalue weighted by Crippen LogP contribution is -2.57. The zero-order chi connectivity index (χ0) is 22.0. The van der Waals surface area contributed by atoms with Crippen molar-refractivity contribution in [1.29, 1.82) is 0 Å². The number of morpholine rings is 1. The number of carbonyl (C=O) groups is 1. The van der Waals surface area contributed by atoms with E-state index in [0.717, 1.165) is 36.6 Å². The minimum atomic E-state index is -0.498. The van der Waals surface area contributed by atoms with Gasteiger partial charge in [0.15, 0.2) is 6.10 Å². The Morgan fingerprint density at radius 2 is 1.94 bits per heavy atom. The largest absolute Gasteiger partial charge is 0.467 e. The molecular weight excluding hydrogens is 458 g/mol. The van der Waals surface area contributed by atoms with Crippen LogP contribution in [-0.2, 0) is 27.7 Å². The Bertz CT molecular complexity index is 870. The van der Waals surface area contributed by atoms with Gasteiger partial charge in [0.05, 0.1) is 19.4 Å². The molecule has 2 atom stereocenters. The number of rotatable bonds is 5. The summed E-state index contributed by atoms with van der Waals surface area (Å²) in [6.45, 7) is 3.26. The lowest BCUT2D eigenvalue weighted by atomic mass is 9.82. The molecule has 0 unspecified atom stereocenters. The normalized spacial score (nSPS) is 27.2. The molecule has 4 rings (SSSR count). The standard InChI is InChI=1S/C24H32BrN3O3/c1-16-12-22(26-27(16)2)18-6-10-20(11-7-18)28-14-23(24(29)30-3)31-15-21(28)13-17-4-8-19(25)9-5-17/h4-5,8-9,12,18,20-21,23H,6-7,10-11,13-15H2,1-3H3/t18?,20?,21-,23+/m0/s1. The van der Waals surface area contributed by atoms with Gasteiger partial charge in [-0.15, -0.1) is 0 Å². The Balaban J connectivity index is 1.45. The molecule has 31 heavy (non-hydrogen) atoms. The number of esters is 1. The number of hydrogen-bond donors (Lipinski definition) is 0. The molecule has 0 spiro atoms. The average molecular weight is 490 g/mol. The number of ether oxygens (including phenoxy) is 2. The van der Waals surface area contributed by atoms with E-state index >= 15 is 0 Å². The fourth-order valence-corrected chi connectivity index (χ4v) is 5.26. The summed E-state index contributed by atoms with van der Waals surface area (Å²) >= 11 is 3.51. The number of methoxy groups -OCH3 is 1. The summed E-state index contributed by atoms with van der Waals surface area (Å²) in [7, 11) is 3.45. The molecule has 2 fully saturated rings. The molecule has 2 aromatic rings. The summed E-state index contributed by atoms with van der Waals surface area (Å²) in [4.78, 5) is 14.7. The molecule has 0 N–H and O–H groups in total. The third-order valence-corrected chi connectivity index (χ3v) is 7.43. The van der Waals surface area contributed by atoms with Crippen molar-refractivity contribution < 1.29 is 14.3 Å². The molecule has 0 radical (unpaired) electrons. The number of aromatic nitrogens is 2. The number of halogens is 1. The molecule has 0 bridgehead atoms. The highest BCUT2D eigenvalue weighted by molar-refractivity contribution is 9.10. The molecule has 1 aliphatic heterocycles. The number of hydrogen-bond acceptors (Lipinski definition) is 5. The van der Waals surface area contributed by atoms with E-state index in [4.69, 9.17) is 14.6 Å². The fourth-order valence-electron chi connectivity index (χ4n) is 5.00. The van der Waals surface area contributed by atoms with E-state index in [-0.39, 0.29) is 12.0 Å². The Morgan fingerprint density at radius 1 is 1.23 bits per heavy atom. The third kappa shape index (κ3) is 5.21. The van der Waals surface area contributed by atoms with Crippen LogP contribution in [0.5, 0.6) is 0 Å². The average Bonchev–Trinajstić information content (AvgIpc) is 3.13. The van der Waals surface area contributed by atoms with E-state index in [1.165, 1.54) is 24.1 Å². The zero-order valence-electron chi connectivity index (χ0n) is 18.6. The van der Waals surface area contributed by atoms with Gasteiger partial charge in [0.2, 0.25) is 0 Å². The van der Waals surface area contributed by atoms with Gasteiger partial charge in [-0.25, -0.2) is 4.79 Å². The van der Waals surface area contributed by atoms with Crippen molar-refractivity contribution in [2.24, 2.45) is 7.05 Å². The van der Waals surface area contributed by atoms with E-state index in [0.29, 0.717) is 25.1 Å². The van der Waals surface area contributed by atoms with Gasteiger partial charge in [-0.05, 0) is 62.8 Å². The Morgan fingerprint density at radius 3 is 2.55 bits per heavy atom. The Labute approximate surface area is 193 Å². The monoisotopic (exact) mass is 489 g/mol. The predicted octanol–water partition coefficient (Wildman–Crippen LogP) is 4.00. The van der Waals surface area contributed by atoms with Crippen LogP contribution in [0.2, 0.25) is 0 Å². The van der Waals surface area contributed by atoms with Gasteiger partial charge in [-0.2, -0.15) is 5.10 Å². The number of nitrogens with zero attached hydrogens (tertiary/aromatic N) is 3. The molecule has 168 valence electrons. The molecule has 1 saturated carbocycles. The molecular formula is C24H32BrN3O3. The highest BCUT2D eigenvalue weighted by atomic mass is 79.9. The molecule has 7 heteroatoms. The van der Waals surface area contributed by atoms with E-state index in [1.807, 2.05) is 11.7 Å². The maximum atomic E-state index is 12.2. The van der Waals surface area contributed by atoms with Crippen molar-refractivity contribution in [1.82, 2.24) is 14.7 Å². The smallest absolute Gasteiger partial charge is 0.336 e. The topological polar surface area (TPSA) is 56.6 Å². The number of benzene rings is 1.